The van der Waals surface area contributed by atoms with Crippen LogP contribution in [0.2, 0.25) is 0 Å². The van der Waals surface area contributed by atoms with Crippen molar-refractivity contribution in [3.8, 4) is 22.6 Å². The van der Waals surface area contributed by atoms with Gasteiger partial charge in [0.25, 0.3) is 0 Å². The Labute approximate surface area is 201 Å². The van der Waals surface area contributed by atoms with E-state index in [-0.39, 0.29) is 5.75 Å². The SMILES string of the molecule is Oc1ccc(-c2ccc(OC(F)C(F)(F)OC(F)(F)C(F)(F)OC(F)(F)C(F)(F)OC(F)(F)F)cc2)cc1. The Morgan fingerprint density at radius 3 is 1.32 bits per heavy atom. The average molecular weight is 584 g/mol. The largest absolute Gasteiger partial charge is 0.527 e. The second kappa shape index (κ2) is 10.3. The maximum atomic E-state index is 13.8. The van der Waals surface area contributed by atoms with Crippen molar-refractivity contribution in [2.75, 3.05) is 0 Å². The zero-order valence-electron chi connectivity index (χ0n) is 17.6. The number of benzene rings is 2. The first-order valence-corrected chi connectivity index (χ1v) is 9.24. The summed E-state index contributed by atoms with van der Waals surface area (Å²) in [6, 6.07) is 9.08. The molecule has 0 fully saturated rings. The lowest BCUT2D eigenvalue weighted by atomic mass is 10.1. The molecule has 0 heterocycles. The fraction of sp³-hybridized carbons (Fsp3) is 0.368. The molecule has 2 aromatic carbocycles. The van der Waals surface area contributed by atoms with Gasteiger partial charge < -0.3 is 9.84 Å². The molecular formula is C19H10F14O5. The van der Waals surface area contributed by atoms with Crippen LogP contribution in [0, 0.1) is 0 Å². The molecule has 0 spiro atoms. The number of ether oxygens (including phenoxy) is 4. The Balaban J connectivity index is 2.13. The van der Waals surface area contributed by atoms with E-state index in [9.17, 15) is 66.6 Å². The summed E-state index contributed by atoms with van der Waals surface area (Å²) >= 11 is 0. The van der Waals surface area contributed by atoms with Gasteiger partial charge in [-0.2, -0.15) is 48.3 Å². The van der Waals surface area contributed by atoms with Crippen LogP contribution < -0.4 is 4.74 Å². The van der Waals surface area contributed by atoms with Gasteiger partial charge in [0.1, 0.15) is 11.5 Å². The second-order valence-electron chi connectivity index (χ2n) is 6.89. The van der Waals surface area contributed by atoms with Crippen molar-refractivity contribution >= 4 is 0 Å². The highest BCUT2D eigenvalue weighted by Gasteiger charge is 2.74. The summed E-state index contributed by atoms with van der Waals surface area (Å²) < 4.78 is 191. The highest BCUT2D eigenvalue weighted by molar-refractivity contribution is 5.64. The van der Waals surface area contributed by atoms with E-state index < -0.39 is 49.0 Å². The van der Waals surface area contributed by atoms with Crippen molar-refractivity contribution in [2.24, 2.45) is 0 Å². The van der Waals surface area contributed by atoms with E-state index in [1.54, 1.807) is 4.74 Å². The zero-order valence-corrected chi connectivity index (χ0v) is 17.6. The third kappa shape index (κ3) is 7.50. The van der Waals surface area contributed by atoms with Crippen molar-refractivity contribution in [2.45, 2.75) is 43.3 Å². The van der Waals surface area contributed by atoms with Crippen LogP contribution >= 0.6 is 0 Å². The van der Waals surface area contributed by atoms with Crippen LogP contribution in [-0.4, -0.2) is 48.4 Å². The van der Waals surface area contributed by atoms with Gasteiger partial charge in [0.2, 0.25) is 0 Å². The summed E-state index contributed by atoms with van der Waals surface area (Å²) in [5.74, 6) is -0.957. The number of hydrogen-bond donors (Lipinski definition) is 1. The maximum Gasteiger partial charge on any atom is 0.527 e. The molecule has 0 saturated heterocycles. The Hall–Kier alpha value is -3.06. The standard InChI is InChI=1S/C19H10F14O5/c20-13(35-12-7-3-10(4-8-12)9-1-5-11(34)6-2-9)14(21,22)36-15(23,24)16(25,26)37-17(27,28)18(29,30)38-19(31,32)33/h1-8,13,34H. The van der Waals surface area contributed by atoms with E-state index in [1.165, 1.54) is 29.0 Å². The van der Waals surface area contributed by atoms with Crippen LogP contribution in [-0.2, 0) is 14.2 Å². The average Bonchev–Trinajstić information content (AvgIpc) is 2.71. The number of alkyl halides is 14. The van der Waals surface area contributed by atoms with Crippen LogP contribution in [0.4, 0.5) is 61.5 Å². The van der Waals surface area contributed by atoms with Crippen LogP contribution in [0.3, 0.4) is 0 Å². The quantitative estimate of drug-likeness (QED) is 0.282. The molecule has 0 saturated carbocycles. The van der Waals surface area contributed by atoms with Crippen molar-refractivity contribution in [3.05, 3.63) is 48.5 Å². The molecule has 0 radical (unpaired) electrons. The highest BCUT2D eigenvalue weighted by atomic mass is 19.4. The van der Waals surface area contributed by atoms with Crippen LogP contribution in [0.15, 0.2) is 48.5 Å². The second-order valence-corrected chi connectivity index (χ2v) is 6.89. The topological polar surface area (TPSA) is 57.2 Å². The van der Waals surface area contributed by atoms with Gasteiger partial charge in [0.15, 0.2) is 0 Å². The van der Waals surface area contributed by atoms with Gasteiger partial charge >= 0.3 is 43.3 Å². The first-order chi connectivity index (χ1) is 17.0. The summed E-state index contributed by atoms with van der Waals surface area (Å²) in [7, 11) is 0. The Morgan fingerprint density at radius 2 is 0.895 bits per heavy atom. The van der Waals surface area contributed by atoms with Crippen LogP contribution in [0.25, 0.3) is 11.1 Å². The number of phenols is 1. The number of phenolic OH excluding ortho intramolecular Hbond substituents is 1. The third-order valence-corrected chi connectivity index (χ3v) is 4.00. The van der Waals surface area contributed by atoms with Gasteiger partial charge in [-0.3, -0.25) is 0 Å². The number of hydrogen-bond acceptors (Lipinski definition) is 5. The molecule has 0 bridgehead atoms. The van der Waals surface area contributed by atoms with E-state index in [0.717, 1.165) is 24.3 Å². The molecule has 1 unspecified atom stereocenters. The lowest BCUT2D eigenvalue weighted by molar-refractivity contribution is -0.567. The number of halogens is 14. The molecule has 0 aliphatic carbocycles. The predicted octanol–water partition coefficient (Wildman–Crippen LogP) is 7.27. The molecule has 2 rings (SSSR count). The Bertz CT molecular complexity index is 1070. The molecule has 2 aromatic rings. The summed E-state index contributed by atoms with van der Waals surface area (Å²) in [5, 5.41) is 9.22. The van der Waals surface area contributed by atoms with E-state index in [0.29, 0.717) is 11.1 Å². The van der Waals surface area contributed by atoms with Crippen molar-refractivity contribution in [1.29, 1.82) is 0 Å². The molecule has 1 atom stereocenters. The predicted molar refractivity (Wildman–Crippen MR) is 93.1 cm³/mol. The summed E-state index contributed by atoms with van der Waals surface area (Å²) in [6.45, 7) is 0. The number of aromatic hydroxyl groups is 1. The van der Waals surface area contributed by atoms with E-state index in [2.05, 4.69) is 9.47 Å². The van der Waals surface area contributed by atoms with Crippen molar-refractivity contribution < 1.29 is 85.5 Å². The van der Waals surface area contributed by atoms with Gasteiger partial charge in [-0.25, -0.2) is 14.2 Å². The molecular weight excluding hydrogens is 574 g/mol. The maximum absolute atomic E-state index is 13.8. The first kappa shape index (κ1) is 31.2. The summed E-state index contributed by atoms with van der Waals surface area (Å²) in [5.41, 5.74) is 0.760. The number of rotatable bonds is 11. The summed E-state index contributed by atoms with van der Waals surface area (Å²) in [6.07, 6.45) is -45.7. The van der Waals surface area contributed by atoms with Crippen LogP contribution in [0.5, 0.6) is 11.5 Å². The Kier molecular flexibility index (Phi) is 8.40. The molecule has 19 heteroatoms. The third-order valence-electron chi connectivity index (χ3n) is 4.00. The minimum atomic E-state index is -7.22. The Morgan fingerprint density at radius 1 is 0.526 bits per heavy atom. The van der Waals surface area contributed by atoms with Gasteiger partial charge in [-0.05, 0) is 35.4 Å². The molecule has 5 nitrogen and oxygen atoms in total. The fourth-order valence-corrected chi connectivity index (χ4v) is 2.33. The van der Waals surface area contributed by atoms with E-state index in [4.69, 9.17) is 0 Å². The smallest absolute Gasteiger partial charge is 0.508 e. The fourth-order valence-electron chi connectivity index (χ4n) is 2.33. The molecule has 0 aliphatic heterocycles. The zero-order chi connectivity index (χ0) is 29.4. The van der Waals surface area contributed by atoms with Crippen molar-refractivity contribution in [3.63, 3.8) is 0 Å². The van der Waals surface area contributed by atoms with Gasteiger partial charge in [-0.1, -0.05) is 24.3 Å². The molecule has 214 valence electrons. The molecule has 0 aromatic heterocycles. The summed E-state index contributed by atoms with van der Waals surface area (Å²) in [4.78, 5) is 0. The molecule has 1 N–H and O–H groups in total. The monoisotopic (exact) mass is 584 g/mol. The minimum Gasteiger partial charge on any atom is -0.508 e. The lowest BCUT2D eigenvalue weighted by Crippen LogP contribution is -2.58. The van der Waals surface area contributed by atoms with Crippen LogP contribution in [0.1, 0.15) is 0 Å². The lowest BCUT2D eigenvalue weighted by Gasteiger charge is -2.33. The van der Waals surface area contributed by atoms with Crippen molar-refractivity contribution in [1.82, 2.24) is 0 Å². The van der Waals surface area contributed by atoms with E-state index in [1.807, 2.05) is 0 Å². The molecule has 38 heavy (non-hydrogen) atoms. The van der Waals surface area contributed by atoms with E-state index >= 15 is 0 Å². The molecule has 0 amide bonds. The normalized spacial score (nSPS) is 14.9. The van der Waals surface area contributed by atoms with Gasteiger partial charge in [-0.15, -0.1) is 13.2 Å². The molecule has 0 aliphatic rings. The van der Waals surface area contributed by atoms with Gasteiger partial charge in [0.05, 0.1) is 0 Å². The minimum absolute atomic E-state index is 0.115. The highest BCUT2D eigenvalue weighted by Crippen LogP contribution is 2.49. The first-order valence-electron chi connectivity index (χ1n) is 9.24. The van der Waals surface area contributed by atoms with Gasteiger partial charge in [0, 0.05) is 0 Å².